The lowest BCUT2D eigenvalue weighted by Crippen LogP contribution is -2.41. The highest BCUT2D eigenvalue weighted by Crippen LogP contribution is 2.42. The summed E-state index contributed by atoms with van der Waals surface area (Å²) in [4.78, 5) is 0. The summed E-state index contributed by atoms with van der Waals surface area (Å²) >= 11 is 2.07. The number of hydrogen-bond acceptors (Lipinski definition) is 3. The molecule has 0 aromatic rings. The Bertz CT molecular complexity index is 216. The van der Waals surface area contributed by atoms with E-state index in [0.717, 1.165) is 25.0 Å². The largest absolute Gasteiger partial charge is 0.374 e. The van der Waals surface area contributed by atoms with E-state index in [1.54, 1.807) is 0 Å². The first kappa shape index (κ1) is 12.7. The van der Waals surface area contributed by atoms with Crippen molar-refractivity contribution in [2.75, 3.05) is 31.7 Å². The van der Waals surface area contributed by atoms with Crippen molar-refractivity contribution >= 4 is 11.8 Å². The minimum atomic E-state index is 0.265. The molecule has 1 N–H and O–H groups in total. The van der Waals surface area contributed by atoms with Crippen LogP contribution in [0.2, 0.25) is 0 Å². The van der Waals surface area contributed by atoms with Crippen molar-refractivity contribution in [1.29, 1.82) is 0 Å². The predicted molar refractivity (Wildman–Crippen MR) is 71.1 cm³/mol. The van der Waals surface area contributed by atoms with Crippen LogP contribution in [-0.2, 0) is 4.74 Å². The smallest absolute Gasteiger partial charge is 0.0783 e. The van der Waals surface area contributed by atoms with Crippen LogP contribution in [0, 0.1) is 11.8 Å². The summed E-state index contributed by atoms with van der Waals surface area (Å²) in [5.74, 6) is 4.28. The maximum Gasteiger partial charge on any atom is 0.0783 e. The zero-order chi connectivity index (χ0) is 11.4. The molecular weight excluding hydrogens is 218 g/mol. The second-order valence-electron chi connectivity index (χ2n) is 5.46. The monoisotopic (exact) mass is 243 g/mol. The molecule has 0 amide bonds. The van der Waals surface area contributed by atoms with Gasteiger partial charge in [0.1, 0.15) is 0 Å². The van der Waals surface area contributed by atoms with Gasteiger partial charge in [0, 0.05) is 12.4 Å². The summed E-state index contributed by atoms with van der Waals surface area (Å²) in [5, 5.41) is 3.26. The van der Waals surface area contributed by atoms with E-state index in [-0.39, 0.29) is 5.60 Å². The lowest BCUT2D eigenvalue weighted by Gasteiger charge is -2.40. The van der Waals surface area contributed by atoms with Crippen LogP contribution in [0.1, 0.15) is 32.6 Å². The Morgan fingerprint density at radius 3 is 3.12 bits per heavy atom. The zero-order valence-electron chi connectivity index (χ0n) is 10.6. The van der Waals surface area contributed by atoms with Gasteiger partial charge in [0.05, 0.1) is 5.60 Å². The summed E-state index contributed by atoms with van der Waals surface area (Å²) < 4.78 is 6.07. The van der Waals surface area contributed by atoms with Gasteiger partial charge in [-0.25, -0.2) is 0 Å². The number of thioether (sulfide) groups is 1. The predicted octanol–water partition coefficient (Wildman–Crippen LogP) is 2.53. The molecule has 2 aliphatic rings. The van der Waals surface area contributed by atoms with E-state index < -0.39 is 0 Å². The topological polar surface area (TPSA) is 21.3 Å². The Morgan fingerprint density at radius 2 is 2.44 bits per heavy atom. The molecule has 16 heavy (non-hydrogen) atoms. The molecule has 3 heteroatoms. The molecular formula is C13H25NOS. The van der Waals surface area contributed by atoms with Crippen LogP contribution in [-0.4, -0.2) is 37.3 Å². The second kappa shape index (κ2) is 5.74. The second-order valence-corrected chi connectivity index (χ2v) is 6.56. The Balaban J connectivity index is 1.85. The fourth-order valence-electron chi connectivity index (χ4n) is 3.02. The first-order valence-corrected chi connectivity index (χ1v) is 7.77. The van der Waals surface area contributed by atoms with Crippen LogP contribution in [0.5, 0.6) is 0 Å². The van der Waals surface area contributed by atoms with Crippen molar-refractivity contribution in [1.82, 2.24) is 5.32 Å². The molecule has 2 aliphatic heterocycles. The first-order chi connectivity index (χ1) is 7.76. The van der Waals surface area contributed by atoms with Crippen LogP contribution < -0.4 is 5.32 Å². The van der Waals surface area contributed by atoms with Gasteiger partial charge in [-0.3, -0.25) is 0 Å². The molecule has 94 valence electrons. The van der Waals surface area contributed by atoms with Gasteiger partial charge in [0.2, 0.25) is 0 Å². The Labute approximate surface area is 104 Å². The average molecular weight is 243 g/mol. The lowest BCUT2D eigenvalue weighted by molar-refractivity contribution is -0.0883. The summed E-state index contributed by atoms with van der Waals surface area (Å²) in [6.45, 7) is 4.57. The Hall–Kier alpha value is 0.270. The maximum atomic E-state index is 6.07. The number of ether oxygens (including phenoxy) is 1. The minimum Gasteiger partial charge on any atom is -0.374 e. The third-order valence-electron chi connectivity index (χ3n) is 4.25. The van der Waals surface area contributed by atoms with E-state index in [9.17, 15) is 0 Å². The standard InChI is InChI=1S/C13H25NOS/c1-11(3-6-14-2)12-4-7-15-13(9-12)5-8-16-10-13/h11-12,14H,3-10H2,1-2H3. The maximum absolute atomic E-state index is 6.07. The number of nitrogens with one attached hydrogen (secondary N) is 1. The molecule has 0 bridgehead atoms. The van der Waals surface area contributed by atoms with Gasteiger partial charge in [0.15, 0.2) is 0 Å². The van der Waals surface area contributed by atoms with Gasteiger partial charge in [0.25, 0.3) is 0 Å². The minimum absolute atomic E-state index is 0.265. The molecule has 2 nitrogen and oxygen atoms in total. The summed E-state index contributed by atoms with van der Waals surface area (Å²) in [6, 6.07) is 0. The summed E-state index contributed by atoms with van der Waals surface area (Å²) in [5.41, 5.74) is 0.265. The van der Waals surface area contributed by atoms with Crippen molar-refractivity contribution < 1.29 is 4.74 Å². The van der Waals surface area contributed by atoms with Crippen LogP contribution in [0.3, 0.4) is 0 Å². The normalized spacial score (nSPS) is 36.8. The Kier molecular flexibility index (Phi) is 4.57. The highest BCUT2D eigenvalue weighted by molar-refractivity contribution is 7.99. The first-order valence-electron chi connectivity index (χ1n) is 6.62. The highest BCUT2D eigenvalue weighted by atomic mass is 32.2. The van der Waals surface area contributed by atoms with E-state index in [1.807, 2.05) is 7.05 Å². The van der Waals surface area contributed by atoms with E-state index in [4.69, 9.17) is 4.74 Å². The average Bonchev–Trinajstić information content (AvgIpc) is 2.74. The fourth-order valence-corrected chi connectivity index (χ4v) is 4.40. The van der Waals surface area contributed by atoms with Crippen molar-refractivity contribution in [2.24, 2.45) is 11.8 Å². The Morgan fingerprint density at radius 1 is 1.56 bits per heavy atom. The SMILES string of the molecule is CNCCC(C)C1CCOC2(CCSC2)C1. The third-order valence-corrected chi connectivity index (χ3v) is 5.48. The number of hydrogen-bond donors (Lipinski definition) is 1. The van der Waals surface area contributed by atoms with E-state index in [2.05, 4.69) is 24.0 Å². The molecule has 0 aromatic carbocycles. The van der Waals surface area contributed by atoms with Crippen molar-refractivity contribution in [3.05, 3.63) is 0 Å². The molecule has 2 rings (SSSR count). The van der Waals surface area contributed by atoms with Crippen molar-refractivity contribution in [2.45, 2.75) is 38.2 Å². The quantitative estimate of drug-likeness (QED) is 0.820. The molecule has 2 saturated heterocycles. The van der Waals surface area contributed by atoms with Gasteiger partial charge in [-0.15, -0.1) is 0 Å². The van der Waals surface area contributed by atoms with Gasteiger partial charge in [-0.1, -0.05) is 6.92 Å². The molecule has 2 heterocycles. The van der Waals surface area contributed by atoms with Crippen molar-refractivity contribution in [3.8, 4) is 0 Å². The molecule has 3 atom stereocenters. The summed E-state index contributed by atoms with van der Waals surface area (Å²) in [7, 11) is 2.05. The van der Waals surface area contributed by atoms with E-state index in [1.165, 1.54) is 37.2 Å². The van der Waals surface area contributed by atoms with Gasteiger partial charge >= 0.3 is 0 Å². The molecule has 2 fully saturated rings. The molecule has 3 unspecified atom stereocenters. The van der Waals surface area contributed by atoms with Crippen molar-refractivity contribution in [3.63, 3.8) is 0 Å². The molecule has 0 aliphatic carbocycles. The van der Waals surface area contributed by atoms with Crippen LogP contribution in [0.25, 0.3) is 0 Å². The molecule has 0 radical (unpaired) electrons. The fraction of sp³-hybridized carbons (Fsp3) is 1.00. The van der Waals surface area contributed by atoms with Gasteiger partial charge in [-0.05, 0) is 56.9 Å². The lowest BCUT2D eigenvalue weighted by atomic mass is 9.77. The highest BCUT2D eigenvalue weighted by Gasteiger charge is 2.41. The molecule has 1 spiro atoms. The van der Waals surface area contributed by atoms with Crippen LogP contribution >= 0.6 is 11.8 Å². The van der Waals surface area contributed by atoms with Gasteiger partial charge < -0.3 is 10.1 Å². The molecule has 0 saturated carbocycles. The van der Waals surface area contributed by atoms with E-state index in [0.29, 0.717) is 0 Å². The van der Waals surface area contributed by atoms with Gasteiger partial charge in [-0.2, -0.15) is 11.8 Å². The van der Waals surface area contributed by atoms with E-state index >= 15 is 0 Å². The molecule has 0 aromatic heterocycles. The number of rotatable bonds is 4. The summed E-state index contributed by atoms with van der Waals surface area (Å²) in [6.07, 6.45) is 5.18. The van der Waals surface area contributed by atoms with Crippen LogP contribution in [0.15, 0.2) is 0 Å². The zero-order valence-corrected chi connectivity index (χ0v) is 11.4. The third kappa shape index (κ3) is 2.93. The van der Waals surface area contributed by atoms with Crippen LogP contribution in [0.4, 0.5) is 0 Å².